The van der Waals surface area contributed by atoms with Crippen molar-refractivity contribution in [3.8, 4) is 0 Å². The number of likely N-dealkylation sites (tertiary alicyclic amines) is 1. The van der Waals surface area contributed by atoms with Crippen molar-refractivity contribution in [2.75, 3.05) is 13.1 Å². The van der Waals surface area contributed by atoms with Gasteiger partial charge in [-0.05, 0) is 32.1 Å². The van der Waals surface area contributed by atoms with Crippen LogP contribution in [0.1, 0.15) is 34.1 Å². The lowest BCUT2D eigenvalue weighted by Crippen LogP contribution is -2.54. The topological polar surface area (TPSA) is 46.3 Å². The molecule has 0 bridgehead atoms. The minimum Gasteiger partial charge on any atom is -0.341 e. The predicted octanol–water partition coefficient (Wildman–Crippen LogP) is 1.23. The standard InChI is InChI=1S/C11H22N2O/c1-8-5-9(2)7-13(6-8)10(14)11(3,4)12/h8-9H,5-7,12H2,1-4H3. The van der Waals surface area contributed by atoms with E-state index in [2.05, 4.69) is 13.8 Å². The van der Waals surface area contributed by atoms with Crippen molar-refractivity contribution < 1.29 is 4.79 Å². The molecule has 82 valence electrons. The highest BCUT2D eigenvalue weighted by Crippen LogP contribution is 2.22. The summed E-state index contributed by atoms with van der Waals surface area (Å²) in [5.41, 5.74) is 5.08. The van der Waals surface area contributed by atoms with Crippen molar-refractivity contribution in [3.05, 3.63) is 0 Å². The molecule has 2 N–H and O–H groups in total. The van der Waals surface area contributed by atoms with Crippen LogP contribution in [0, 0.1) is 11.8 Å². The maximum absolute atomic E-state index is 11.9. The normalized spacial score (nSPS) is 29.1. The summed E-state index contributed by atoms with van der Waals surface area (Å²) in [6.07, 6.45) is 1.22. The summed E-state index contributed by atoms with van der Waals surface area (Å²) in [6.45, 7) is 9.67. The summed E-state index contributed by atoms with van der Waals surface area (Å²) in [6, 6.07) is 0. The van der Waals surface area contributed by atoms with E-state index in [-0.39, 0.29) is 5.91 Å². The summed E-state index contributed by atoms with van der Waals surface area (Å²) in [4.78, 5) is 13.8. The maximum Gasteiger partial charge on any atom is 0.242 e. The van der Waals surface area contributed by atoms with Crippen LogP contribution in [0.2, 0.25) is 0 Å². The highest BCUT2D eigenvalue weighted by atomic mass is 16.2. The van der Waals surface area contributed by atoms with E-state index in [0.717, 1.165) is 13.1 Å². The fourth-order valence-corrected chi connectivity index (χ4v) is 2.24. The third-order valence-electron chi connectivity index (χ3n) is 2.71. The Balaban J connectivity index is 2.64. The van der Waals surface area contributed by atoms with E-state index in [9.17, 15) is 4.79 Å². The molecule has 1 saturated heterocycles. The molecule has 2 unspecified atom stereocenters. The molecule has 0 aromatic heterocycles. The summed E-state index contributed by atoms with van der Waals surface area (Å²) in [5, 5.41) is 0. The summed E-state index contributed by atoms with van der Waals surface area (Å²) in [7, 11) is 0. The molecule has 3 nitrogen and oxygen atoms in total. The number of piperidine rings is 1. The lowest BCUT2D eigenvalue weighted by atomic mass is 9.90. The molecule has 3 heteroatoms. The third-order valence-corrected chi connectivity index (χ3v) is 2.71. The number of nitrogens with zero attached hydrogens (tertiary/aromatic N) is 1. The monoisotopic (exact) mass is 198 g/mol. The molecule has 0 aliphatic carbocycles. The van der Waals surface area contributed by atoms with E-state index >= 15 is 0 Å². The van der Waals surface area contributed by atoms with Gasteiger partial charge in [-0.2, -0.15) is 0 Å². The van der Waals surface area contributed by atoms with Gasteiger partial charge < -0.3 is 10.6 Å². The lowest BCUT2D eigenvalue weighted by Gasteiger charge is -2.38. The van der Waals surface area contributed by atoms with Gasteiger partial charge in [0.05, 0.1) is 5.54 Å². The number of carbonyl (C=O) groups is 1. The molecule has 0 aromatic rings. The quantitative estimate of drug-likeness (QED) is 0.689. The van der Waals surface area contributed by atoms with Gasteiger partial charge in [0.25, 0.3) is 0 Å². The van der Waals surface area contributed by atoms with E-state index < -0.39 is 5.54 Å². The van der Waals surface area contributed by atoms with Gasteiger partial charge in [0, 0.05) is 13.1 Å². The molecule has 1 aliphatic rings. The second kappa shape index (κ2) is 3.89. The largest absolute Gasteiger partial charge is 0.341 e. The van der Waals surface area contributed by atoms with Crippen LogP contribution in [-0.4, -0.2) is 29.4 Å². The molecule has 1 fully saturated rings. The highest BCUT2D eigenvalue weighted by molar-refractivity contribution is 5.85. The molecule has 0 saturated carbocycles. The van der Waals surface area contributed by atoms with Crippen LogP contribution < -0.4 is 5.73 Å². The van der Waals surface area contributed by atoms with Crippen molar-refractivity contribution in [2.45, 2.75) is 39.7 Å². The molecule has 0 aromatic carbocycles. The van der Waals surface area contributed by atoms with Crippen molar-refractivity contribution in [3.63, 3.8) is 0 Å². The van der Waals surface area contributed by atoms with Gasteiger partial charge in [0.2, 0.25) is 5.91 Å². The molecule has 1 aliphatic heterocycles. The molecular weight excluding hydrogens is 176 g/mol. The third kappa shape index (κ3) is 2.71. The van der Waals surface area contributed by atoms with Gasteiger partial charge >= 0.3 is 0 Å². The second-order valence-corrected chi connectivity index (χ2v) is 5.38. The van der Waals surface area contributed by atoms with Crippen LogP contribution >= 0.6 is 0 Å². The van der Waals surface area contributed by atoms with E-state index in [1.54, 1.807) is 13.8 Å². The SMILES string of the molecule is CC1CC(C)CN(C(=O)C(C)(C)N)C1. The first-order chi connectivity index (χ1) is 6.30. The van der Waals surface area contributed by atoms with E-state index in [0.29, 0.717) is 11.8 Å². The Morgan fingerprint density at radius 1 is 1.29 bits per heavy atom. The predicted molar refractivity (Wildman–Crippen MR) is 57.8 cm³/mol. The van der Waals surface area contributed by atoms with Crippen LogP contribution in [0.25, 0.3) is 0 Å². The minimum absolute atomic E-state index is 0.0795. The zero-order valence-corrected chi connectivity index (χ0v) is 9.71. The number of carbonyl (C=O) groups excluding carboxylic acids is 1. The van der Waals surface area contributed by atoms with E-state index in [1.165, 1.54) is 6.42 Å². The average Bonchev–Trinajstić information content (AvgIpc) is 1.99. The van der Waals surface area contributed by atoms with Gasteiger partial charge in [-0.25, -0.2) is 0 Å². The van der Waals surface area contributed by atoms with Crippen LogP contribution in [-0.2, 0) is 4.79 Å². The smallest absolute Gasteiger partial charge is 0.242 e. The van der Waals surface area contributed by atoms with Crippen molar-refractivity contribution in [1.29, 1.82) is 0 Å². The molecular formula is C11H22N2O. The number of nitrogens with two attached hydrogens (primary N) is 1. The van der Waals surface area contributed by atoms with Crippen molar-refractivity contribution in [1.82, 2.24) is 4.90 Å². The van der Waals surface area contributed by atoms with Crippen LogP contribution in [0.5, 0.6) is 0 Å². The summed E-state index contributed by atoms with van der Waals surface area (Å²) < 4.78 is 0. The Hall–Kier alpha value is -0.570. The molecule has 1 heterocycles. The van der Waals surface area contributed by atoms with Gasteiger partial charge in [-0.15, -0.1) is 0 Å². The number of hydrogen-bond acceptors (Lipinski definition) is 2. The van der Waals surface area contributed by atoms with E-state index in [4.69, 9.17) is 5.73 Å². The Morgan fingerprint density at radius 2 is 1.71 bits per heavy atom. The number of amides is 1. The summed E-state index contributed by atoms with van der Waals surface area (Å²) >= 11 is 0. The Morgan fingerprint density at radius 3 is 2.07 bits per heavy atom. The van der Waals surface area contributed by atoms with Gasteiger partial charge in [-0.1, -0.05) is 13.8 Å². The number of rotatable bonds is 1. The average molecular weight is 198 g/mol. The second-order valence-electron chi connectivity index (χ2n) is 5.38. The Labute approximate surface area is 86.6 Å². The van der Waals surface area contributed by atoms with Gasteiger partial charge in [-0.3, -0.25) is 4.79 Å². The Bertz CT molecular complexity index is 210. The first-order valence-electron chi connectivity index (χ1n) is 5.39. The fraction of sp³-hybridized carbons (Fsp3) is 0.909. The molecule has 1 rings (SSSR count). The fourth-order valence-electron chi connectivity index (χ4n) is 2.24. The maximum atomic E-state index is 11.9. The molecule has 0 spiro atoms. The minimum atomic E-state index is -0.725. The number of hydrogen-bond donors (Lipinski definition) is 1. The lowest BCUT2D eigenvalue weighted by molar-refractivity contribution is -0.138. The first-order valence-corrected chi connectivity index (χ1v) is 5.39. The first kappa shape index (κ1) is 11.5. The van der Waals surface area contributed by atoms with Crippen molar-refractivity contribution in [2.24, 2.45) is 17.6 Å². The van der Waals surface area contributed by atoms with E-state index in [1.807, 2.05) is 4.90 Å². The van der Waals surface area contributed by atoms with Gasteiger partial charge in [0.15, 0.2) is 0 Å². The van der Waals surface area contributed by atoms with Gasteiger partial charge in [0.1, 0.15) is 0 Å². The molecule has 0 radical (unpaired) electrons. The van der Waals surface area contributed by atoms with Crippen LogP contribution in [0.15, 0.2) is 0 Å². The van der Waals surface area contributed by atoms with Crippen LogP contribution in [0.3, 0.4) is 0 Å². The molecule has 14 heavy (non-hydrogen) atoms. The zero-order chi connectivity index (χ0) is 10.9. The summed E-state index contributed by atoms with van der Waals surface area (Å²) in [5.74, 6) is 1.28. The molecule has 2 atom stereocenters. The van der Waals surface area contributed by atoms with Crippen molar-refractivity contribution >= 4 is 5.91 Å². The van der Waals surface area contributed by atoms with Crippen LogP contribution in [0.4, 0.5) is 0 Å². The zero-order valence-electron chi connectivity index (χ0n) is 9.71. The molecule has 1 amide bonds. The Kier molecular flexibility index (Phi) is 3.20. The highest BCUT2D eigenvalue weighted by Gasteiger charge is 2.32.